The van der Waals surface area contributed by atoms with Crippen LogP contribution in [0.25, 0.3) is 0 Å². The van der Waals surface area contributed by atoms with Gasteiger partial charge in [0.2, 0.25) is 0 Å². The molecule has 1 heterocycles. The maximum absolute atomic E-state index is 12.3. The van der Waals surface area contributed by atoms with Gasteiger partial charge in [-0.3, -0.25) is 4.79 Å². The number of anilines is 1. The molecule has 2 rings (SSSR count). The van der Waals surface area contributed by atoms with Gasteiger partial charge in [-0.05, 0) is 40.5 Å². The van der Waals surface area contributed by atoms with Crippen molar-refractivity contribution in [2.75, 3.05) is 11.6 Å². The Balaban J connectivity index is 2.31. The van der Waals surface area contributed by atoms with Gasteiger partial charge in [-0.2, -0.15) is 5.10 Å². The topological polar surface area (TPSA) is 81.1 Å². The Morgan fingerprint density at radius 2 is 2.04 bits per heavy atom. The molecule has 0 spiro atoms. The zero-order valence-electron chi connectivity index (χ0n) is 12.1. The summed E-state index contributed by atoms with van der Waals surface area (Å²) in [5.41, 5.74) is 1.34. The Morgan fingerprint density at radius 3 is 2.61 bits per heavy atom. The number of hydrogen-bond donors (Lipinski definition) is 1. The number of aromatic nitrogens is 2. The normalized spacial score (nSPS) is 11.5. The number of carbonyl (C=O) groups excluding carboxylic acids is 1. The van der Waals surface area contributed by atoms with Gasteiger partial charge in [0.1, 0.15) is 11.0 Å². The molecular formula is C13H12BrCl2N3O3S. The number of rotatable bonds is 4. The molecule has 0 unspecified atom stereocenters. The van der Waals surface area contributed by atoms with Crippen molar-refractivity contribution in [2.45, 2.75) is 12.8 Å². The third-order valence-electron chi connectivity index (χ3n) is 2.78. The number of amides is 1. The van der Waals surface area contributed by atoms with E-state index >= 15 is 0 Å². The van der Waals surface area contributed by atoms with Crippen LogP contribution in [0.4, 0.5) is 5.69 Å². The van der Waals surface area contributed by atoms with Crippen molar-refractivity contribution in [2.24, 2.45) is 0 Å². The molecule has 0 saturated heterocycles. The Bertz CT molecular complexity index is 881. The molecule has 0 aliphatic carbocycles. The van der Waals surface area contributed by atoms with E-state index in [4.69, 9.17) is 23.2 Å². The third kappa shape index (κ3) is 4.47. The highest BCUT2D eigenvalue weighted by atomic mass is 79.9. The number of halogens is 3. The lowest BCUT2D eigenvalue weighted by Crippen LogP contribution is -2.15. The standard InChI is InChI=1S/C13H12BrCl2N3O3S/c1-7-3-4-9(8(15)5-7)17-13(20)11-10(14)12(16)19(18-11)6-23(2,21)22/h3-5H,6H2,1-2H3,(H,17,20). The van der Waals surface area contributed by atoms with Crippen molar-refractivity contribution in [1.82, 2.24) is 9.78 Å². The van der Waals surface area contributed by atoms with E-state index in [1.807, 2.05) is 6.92 Å². The number of benzene rings is 1. The number of hydrogen-bond acceptors (Lipinski definition) is 4. The van der Waals surface area contributed by atoms with E-state index in [2.05, 4.69) is 26.3 Å². The molecule has 0 aliphatic heterocycles. The molecule has 0 fully saturated rings. The van der Waals surface area contributed by atoms with Gasteiger partial charge in [-0.15, -0.1) is 0 Å². The van der Waals surface area contributed by atoms with Crippen LogP contribution >= 0.6 is 39.1 Å². The van der Waals surface area contributed by atoms with Crippen LogP contribution in [0.3, 0.4) is 0 Å². The first kappa shape index (κ1) is 18.3. The van der Waals surface area contributed by atoms with Gasteiger partial charge in [-0.25, -0.2) is 13.1 Å². The van der Waals surface area contributed by atoms with Gasteiger partial charge in [-0.1, -0.05) is 29.3 Å². The minimum atomic E-state index is -3.36. The molecular weight excluding hydrogens is 429 g/mol. The zero-order valence-corrected chi connectivity index (χ0v) is 16.0. The number of nitrogens with one attached hydrogen (secondary N) is 1. The lowest BCUT2D eigenvalue weighted by Gasteiger charge is -2.06. The molecule has 1 aromatic heterocycles. The van der Waals surface area contributed by atoms with E-state index in [0.29, 0.717) is 10.7 Å². The summed E-state index contributed by atoms with van der Waals surface area (Å²) in [6.07, 6.45) is 1.05. The average Bonchev–Trinajstić information content (AvgIpc) is 2.68. The Morgan fingerprint density at radius 1 is 1.39 bits per heavy atom. The minimum Gasteiger partial charge on any atom is -0.319 e. The molecule has 23 heavy (non-hydrogen) atoms. The number of carbonyl (C=O) groups is 1. The predicted molar refractivity (Wildman–Crippen MR) is 93.9 cm³/mol. The maximum Gasteiger partial charge on any atom is 0.277 e. The fraction of sp³-hybridized carbons (Fsp3) is 0.231. The highest BCUT2D eigenvalue weighted by Crippen LogP contribution is 2.29. The monoisotopic (exact) mass is 439 g/mol. The Kier molecular flexibility index (Phi) is 5.40. The molecule has 0 bridgehead atoms. The molecule has 0 atom stereocenters. The predicted octanol–water partition coefficient (Wildman–Crippen LogP) is 3.52. The molecule has 1 aromatic carbocycles. The molecule has 124 valence electrons. The number of aryl methyl sites for hydroxylation is 1. The number of nitrogens with zero attached hydrogens (tertiary/aromatic N) is 2. The summed E-state index contributed by atoms with van der Waals surface area (Å²) in [5, 5.41) is 6.96. The Labute approximate surface area is 151 Å². The summed E-state index contributed by atoms with van der Waals surface area (Å²) in [6.45, 7) is 1.88. The molecule has 6 nitrogen and oxygen atoms in total. The lowest BCUT2D eigenvalue weighted by molar-refractivity contribution is 0.102. The fourth-order valence-corrected chi connectivity index (χ4v) is 3.41. The average molecular weight is 441 g/mol. The van der Waals surface area contributed by atoms with E-state index < -0.39 is 21.6 Å². The van der Waals surface area contributed by atoms with Crippen molar-refractivity contribution in [3.63, 3.8) is 0 Å². The molecule has 1 N–H and O–H groups in total. The van der Waals surface area contributed by atoms with Gasteiger partial charge in [0.25, 0.3) is 5.91 Å². The van der Waals surface area contributed by atoms with E-state index in [1.54, 1.807) is 18.2 Å². The summed E-state index contributed by atoms with van der Waals surface area (Å²) in [5.74, 6) is -0.986. The van der Waals surface area contributed by atoms with E-state index in [1.165, 1.54) is 0 Å². The van der Waals surface area contributed by atoms with Crippen molar-refractivity contribution in [3.8, 4) is 0 Å². The first-order valence-corrected chi connectivity index (χ1v) is 9.86. The Hall–Kier alpha value is -1.09. The zero-order chi connectivity index (χ0) is 17.4. The summed E-state index contributed by atoms with van der Waals surface area (Å²) in [7, 11) is -3.36. The van der Waals surface area contributed by atoms with Crippen molar-refractivity contribution in [3.05, 3.63) is 44.1 Å². The smallest absolute Gasteiger partial charge is 0.277 e. The maximum atomic E-state index is 12.3. The first-order chi connectivity index (χ1) is 10.6. The van der Waals surface area contributed by atoms with Gasteiger partial charge >= 0.3 is 0 Å². The van der Waals surface area contributed by atoms with Crippen LogP contribution in [0.1, 0.15) is 16.1 Å². The molecule has 2 aromatic rings. The largest absolute Gasteiger partial charge is 0.319 e. The summed E-state index contributed by atoms with van der Waals surface area (Å²) in [4.78, 5) is 12.3. The fourth-order valence-electron chi connectivity index (χ4n) is 1.78. The SMILES string of the molecule is Cc1ccc(NC(=O)c2nn(CS(C)(=O)=O)c(Cl)c2Br)c(Cl)c1. The van der Waals surface area contributed by atoms with Crippen LogP contribution in [0, 0.1) is 6.92 Å². The van der Waals surface area contributed by atoms with Crippen LogP contribution in [0.15, 0.2) is 22.7 Å². The summed E-state index contributed by atoms with van der Waals surface area (Å²) in [6, 6.07) is 5.17. The molecule has 1 amide bonds. The third-order valence-corrected chi connectivity index (χ3v) is 5.17. The van der Waals surface area contributed by atoms with Crippen LogP contribution in [-0.4, -0.2) is 30.4 Å². The summed E-state index contributed by atoms with van der Waals surface area (Å²) >= 11 is 15.2. The van der Waals surface area contributed by atoms with Gasteiger partial charge in [0.05, 0.1) is 15.2 Å². The van der Waals surface area contributed by atoms with Gasteiger partial charge in [0.15, 0.2) is 15.5 Å². The van der Waals surface area contributed by atoms with Gasteiger partial charge in [0, 0.05) is 6.26 Å². The minimum absolute atomic E-state index is 0.0237. The quantitative estimate of drug-likeness (QED) is 0.788. The van der Waals surface area contributed by atoms with Crippen LogP contribution in [0.5, 0.6) is 0 Å². The highest BCUT2D eigenvalue weighted by Gasteiger charge is 2.22. The van der Waals surface area contributed by atoms with Crippen LogP contribution in [0.2, 0.25) is 10.2 Å². The second-order valence-corrected chi connectivity index (χ2v) is 8.61. The van der Waals surface area contributed by atoms with Gasteiger partial charge < -0.3 is 5.32 Å². The number of sulfone groups is 1. The van der Waals surface area contributed by atoms with Crippen molar-refractivity contribution < 1.29 is 13.2 Å². The highest BCUT2D eigenvalue weighted by molar-refractivity contribution is 9.10. The van der Waals surface area contributed by atoms with Crippen LogP contribution < -0.4 is 5.32 Å². The van der Waals surface area contributed by atoms with E-state index in [-0.39, 0.29) is 15.3 Å². The first-order valence-electron chi connectivity index (χ1n) is 6.25. The second-order valence-electron chi connectivity index (χ2n) is 4.95. The van der Waals surface area contributed by atoms with Crippen molar-refractivity contribution >= 4 is 60.6 Å². The van der Waals surface area contributed by atoms with Crippen LogP contribution in [-0.2, 0) is 15.7 Å². The summed E-state index contributed by atoms with van der Waals surface area (Å²) < 4.78 is 24.0. The molecule has 0 radical (unpaired) electrons. The van der Waals surface area contributed by atoms with Crippen molar-refractivity contribution in [1.29, 1.82) is 0 Å². The molecule has 0 saturated carbocycles. The van der Waals surface area contributed by atoms with E-state index in [0.717, 1.165) is 16.5 Å². The molecule has 10 heteroatoms. The second kappa shape index (κ2) is 6.80. The lowest BCUT2D eigenvalue weighted by atomic mass is 10.2. The molecule has 0 aliphatic rings. The van der Waals surface area contributed by atoms with E-state index in [9.17, 15) is 13.2 Å².